The Hall–Kier alpha value is -0.970. The number of methoxy groups -OCH3 is 1. The molecule has 3 rings (SSSR count). The highest BCUT2D eigenvalue weighted by Gasteiger charge is 2.36. The summed E-state index contributed by atoms with van der Waals surface area (Å²) in [4.78, 5) is 2.39. The highest BCUT2D eigenvalue weighted by molar-refractivity contribution is 6.30. The van der Waals surface area contributed by atoms with Crippen molar-refractivity contribution in [1.82, 2.24) is 10.2 Å². The molecule has 0 spiro atoms. The molecule has 2 fully saturated rings. The number of likely N-dealkylation sites (tertiary alicyclic amines) is 1. The zero-order chi connectivity index (χ0) is 13.4. The first-order valence-electron chi connectivity index (χ1n) is 6.66. The minimum absolute atomic E-state index is 0.210. The van der Waals surface area contributed by atoms with E-state index >= 15 is 0 Å². The molecule has 1 aromatic rings. The highest BCUT2D eigenvalue weighted by atomic mass is 35.5. The van der Waals surface area contributed by atoms with E-state index in [1.165, 1.54) is 0 Å². The van der Waals surface area contributed by atoms with Crippen LogP contribution in [0.3, 0.4) is 0 Å². The number of phenols is 1. The SMILES string of the molecule is COc1cc(Cl)cc(CN2C[C@H]3CNC[C@H]3C2)c1O. The van der Waals surface area contributed by atoms with Crippen molar-refractivity contribution in [3.8, 4) is 11.5 Å². The summed E-state index contributed by atoms with van der Waals surface area (Å²) in [5.41, 5.74) is 0.845. The van der Waals surface area contributed by atoms with Gasteiger partial charge >= 0.3 is 0 Å². The van der Waals surface area contributed by atoms with Crippen molar-refractivity contribution in [3.05, 3.63) is 22.7 Å². The monoisotopic (exact) mass is 282 g/mol. The van der Waals surface area contributed by atoms with Gasteiger partial charge in [-0.25, -0.2) is 0 Å². The molecule has 0 aliphatic carbocycles. The second kappa shape index (κ2) is 5.19. The van der Waals surface area contributed by atoms with Gasteiger partial charge in [0.1, 0.15) is 0 Å². The fourth-order valence-electron chi connectivity index (χ4n) is 3.23. The molecular weight excluding hydrogens is 264 g/mol. The Balaban J connectivity index is 1.75. The first-order chi connectivity index (χ1) is 9.17. The van der Waals surface area contributed by atoms with E-state index in [1.807, 2.05) is 6.07 Å². The predicted octanol–water partition coefficient (Wildman–Crippen LogP) is 1.71. The number of aromatic hydroxyl groups is 1. The summed E-state index contributed by atoms with van der Waals surface area (Å²) in [6.45, 7) is 5.14. The van der Waals surface area contributed by atoms with E-state index in [1.54, 1.807) is 13.2 Å². The smallest absolute Gasteiger partial charge is 0.162 e. The minimum Gasteiger partial charge on any atom is -0.504 e. The first kappa shape index (κ1) is 13.0. The molecule has 2 atom stereocenters. The van der Waals surface area contributed by atoms with E-state index in [9.17, 15) is 5.11 Å². The number of halogens is 1. The van der Waals surface area contributed by atoms with Gasteiger partial charge in [-0.05, 0) is 31.0 Å². The van der Waals surface area contributed by atoms with Crippen LogP contribution in [0.1, 0.15) is 5.56 Å². The van der Waals surface area contributed by atoms with Crippen LogP contribution in [0.25, 0.3) is 0 Å². The second-order valence-electron chi connectivity index (χ2n) is 5.49. The number of nitrogens with one attached hydrogen (secondary N) is 1. The van der Waals surface area contributed by atoms with Crippen LogP contribution >= 0.6 is 11.6 Å². The van der Waals surface area contributed by atoms with E-state index in [-0.39, 0.29) is 5.75 Å². The molecule has 0 saturated carbocycles. The lowest BCUT2D eigenvalue weighted by molar-refractivity contribution is 0.296. The van der Waals surface area contributed by atoms with Crippen molar-refractivity contribution in [2.24, 2.45) is 11.8 Å². The summed E-state index contributed by atoms with van der Waals surface area (Å²) in [5.74, 6) is 2.16. The summed E-state index contributed by atoms with van der Waals surface area (Å²) in [6, 6.07) is 3.47. The molecule has 0 radical (unpaired) electrons. The lowest BCUT2D eigenvalue weighted by atomic mass is 10.0. The maximum Gasteiger partial charge on any atom is 0.162 e. The molecular formula is C14H19ClN2O2. The Morgan fingerprint density at radius 1 is 1.37 bits per heavy atom. The largest absolute Gasteiger partial charge is 0.504 e. The van der Waals surface area contributed by atoms with Crippen LogP contribution in [0.2, 0.25) is 5.02 Å². The summed E-state index contributed by atoms with van der Waals surface area (Å²) in [5, 5.41) is 14.2. The fraction of sp³-hybridized carbons (Fsp3) is 0.571. The fourth-order valence-corrected chi connectivity index (χ4v) is 3.46. The Morgan fingerprint density at radius 2 is 2.05 bits per heavy atom. The Labute approximate surface area is 118 Å². The molecule has 2 aliphatic rings. The van der Waals surface area contributed by atoms with Crippen LogP contribution in [0.15, 0.2) is 12.1 Å². The number of ether oxygens (including phenoxy) is 1. The standard InChI is InChI=1S/C14H19ClN2O2/c1-19-13-3-12(15)2-9(14(13)18)6-17-7-10-4-16-5-11(10)8-17/h2-3,10-11,16,18H,4-8H2,1H3/t10-,11+. The van der Waals surface area contributed by atoms with Crippen molar-refractivity contribution in [2.75, 3.05) is 33.3 Å². The molecule has 2 N–H and O–H groups in total. The van der Waals surface area contributed by atoms with Gasteiger partial charge < -0.3 is 15.2 Å². The Kier molecular flexibility index (Phi) is 3.56. The van der Waals surface area contributed by atoms with Crippen LogP contribution < -0.4 is 10.1 Å². The minimum atomic E-state index is 0.210. The van der Waals surface area contributed by atoms with Crippen molar-refractivity contribution < 1.29 is 9.84 Å². The van der Waals surface area contributed by atoms with Gasteiger partial charge in [-0.1, -0.05) is 11.6 Å². The summed E-state index contributed by atoms with van der Waals surface area (Å²) in [7, 11) is 1.54. The van der Waals surface area contributed by atoms with Crippen LogP contribution in [0.4, 0.5) is 0 Å². The molecule has 104 valence electrons. The van der Waals surface area contributed by atoms with Crippen LogP contribution in [0, 0.1) is 11.8 Å². The Bertz CT molecular complexity index is 469. The topological polar surface area (TPSA) is 44.7 Å². The van der Waals surface area contributed by atoms with Crippen LogP contribution in [0.5, 0.6) is 11.5 Å². The summed E-state index contributed by atoms with van der Waals surface area (Å²) >= 11 is 6.06. The second-order valence-corrected chi connectivity index (χ2v) is 5.92. The molecule has 2 aliphatic heterocycles. The maximum atomic E-state index is 10.2. The molecule has 2 saturated heterocycles. The first-order valence-corrected chi connectivity index (χ1v) is 7.03. The molecule has 4 nitrogen and oxygen atoms in total. The average molecular weight is 283 g/mol. The number of hydrogen-bond donors (Lipinski definition) is 2. The van der Waals surface area contributed by atoms with Crippen molar-refractivity contribution in [1.29, 1.82) is 0 Å². The molecule has 0 aromatic heterocycles. The number of hydrogen-bond acceptors (Lipinski definition) is 4. The van der Waals surface area contributed by atoms with Gasteiger partial charge in [-0.3, -0.25) is 4.90 Å². The average Bonchev–Trinajstić information content (AvgIpc) is 2.94. The maximum absolute atomic E-state index is 10.2. The predicted molar refractivity (Wildman–Crippen MR) is 74.8 cm³/mol. The van der Waals surface area contributed by atoms with E-state index in [2.05, 4.69) is 10.2 Å². The normalized spacial score (nSPS) is 26.6. The van der Waals surface area contributed by atoms with E-state index in [4.69, 9.17) is 16.3 Å². The van der Waals surface area contributed by atoms with Crippen LogP contribution in [-0.4, -0.2) is 43.3 Å². The van der Waals surface area contributed by atoms with Crippen molar-refractivity contribution >= 4 is 11.6 Å². The van der Waals surface area contributed by atoms with Gasteiger partial charge in [0.05, 0.1) is 7.11 Å². The summed E-state index contributed by atoms with van der Waals surface area (Å²) in [6.07, 6.45) is 0. The molecule has 2 heterocycles. The molecule has 19 heavy (non-hydrogen) atoms. The van der Waals surface area contributed by atoms with E-state index in [0.29, 0.717) is 10.8 Å². The van der Waals surface area contributed by atoms with Gasteiger partial charge in [0.2, 0.25) is 0 Å². The third-order valence-corrected chi connectivity index (χ3v) is 4.42. The van der Waals surface area contributed by atoms with Crippen molar-refractivity contribution in [3.63, 3.8) is 0 Å². The Morgan fingerprint density at radius 3 is 2.68 bits per heavy atom. The van der Waals surface area contributed by atoms with Crippen molar-refractivity contribution in [2.45, 2.75) is 6.54 Å². The number of nitrogens with zero attached hydrogens (tertiary/aromatic N) is 1. The molecule has 0 bridgehead atoms. The zero-order valence-corrected chi connectivity index (χ0v) is 11.8. The number of phenolic OH excluding ortho intramolecular Hbond substituents is 1. The van der Waals surface area contributed by atoms with Gasteiger partial charge in [-0.15, -0.1) is 0 Å². The molecule has 0 amide bonds. The molecule has 1 aromatic carbocycles. The third-order valence-electron chi connectivity index (χ3n) is 4.20. The third kappa shape index (κ3) is 2.53. The number of fused-ring (bicyclic) bond motifs is 1. The number of benzene rings is 1. The molecule has 5 heteroatoms. The highest BCUT2D eigenvalue weighted by Crippen LogP contribution is 2.35. The molecule has 0 unspecified atom stereocenters. The van der Waals surface area contributed by atoms with E-state index in [0.717, 1.165) is 50.1 Å². The summed E-state index contributed by atoms with van der Waals surface area (Å²) < 4.78 is 5.14. The lowest BCUT2D eigenvalue weighted by Crippen LogP contribution is -2.25. The van der Waals surface area contributed by atoms with Gasteiger partial charge in [-0.2, -0.15) is 0 Å². The van der Waals surface area contributed by atoms with E-state index < -0.39 is 0 Å². The van der Waals surface area contributed by atoms with Gasteiger partial charge in [0.25, 0.3) is 0 Å². The van der Waals surface area contributed by atoms with Gasteiger partial charge in [0, 0.05) is 36.3 Å². The van der Waals surface area contributed by atoms with Gasteiger partial charge in [0.15, 0.2) is 11.5 Å². The quantitative estimate of drug-likeness (QED) is 0.886. The lowest BCUT2D eigenvalue weighted by Gasteiger charge is -2.18. The zero-order valence-electron chi connectivity index (χ0n) is 11.0. The van der Waals surface area contributed by atoms with Crippen LogP contribution in [-0.2, 0) is 6.54 Å². The number of rotatable bonds is 3.